The first-order chi connectivity index (χ1) is 12.5. The van der Waals surface area contributed by atoms with Crippen molar-refractivity contribution in [2.75, 3.05) is 20.3 Å². The minimum Gasteiger partial charge on any atom is -0.464 e. The average Bonchev–Trinajstić information content (AvgIpc) is 2.58. The molecule has 3 atom stereocenters. The van der Waals surface area contributed by atoms with Crippen LogP contribution < -0.4 is 0 Å². The molecule has 8 nitrogen and oxygen atoms in total. The molecule has 0 N–H and O–H groups in total. The Morgan fingerprint density at radius 3 is 2.52 bits per heavy atom. The number of methoxy groups -OCH3 is 1. The topological polar surface area (TPSA) is 99.2 Å². The van der Waals surface area contributed by atoms with Crippen molar-refractivity contribution in [3.8, 4) is 0 Å². The van der Waals surface area contributed by atoms with E-state index in [0.29, 0.717) is 0 Å². The van der Waals surface area contributed by atoms with Crippen LogP contribution >= 0.6 is 0 Å². The number of ether oxygens (including phenoxy) is 2. The number of rotatable bonds is 4. The van der Waals surface area contributed by atoms with Crippen LogP contribution in [-0.2, 0) is 28.6 Å². The third kappa shape index (κ3) is 4.66. The lowest BCUT2D eigenvalue weighted by atomic mass is 9.75. The molecule has 12 heteroatoms. The van der Waals surface area contributed by atoms with E-state index in [4.69, 9.17) is 4.74 Å². The smallest absolute Gasteiger partial charge is 0.464 e. The first kappa shape index (κ1) is 21.3. The third-order valence-corrected chi connectivity index (χ3v) is 5.58. The van der Waals surface area contributed by atoms with Gasteiger partial charge in [0.2, 0.25) is 0 Å². The Kier molecular flexibility index (Phi) is 6.28. The quantitative estimate of drug-likeness (QED) is 0.394. The van der Waals surface area contributed by atoms with Crippen molar-refractivity contribution in [1.82, 2.24) is 4.90 Å². The molecule has 1 aliphatic heterocycles. The molecule has 2 aliphatic rings. The summed E-state index contributed by atoms with van der Waals surface area (Å²) in [4.78, 5) is 25.4. The lowest BCUT2D eigenvalue weighted by Crippen LogP contribution is -2.54. The minimum atomic E-state index is -5.75. The Bertz CT molecular complexity index is 719. The molecule has 0 aromatic heterocycles. The molecule has 154 valence electrons. The Labute approximate surface area is 154 Å². The monoisotopic (exact) mass is 415 g/mol. The molecular formula is C15H20F3NO7S. The van der Waals surface area contributed by atoms with E-state index < -0.39 is 33.7 Å². The van der Waals surface area contributed by atoms with Gasteiger partial charge in [0, 0.05) is 13.0 Å². The van der Waals surface area contributed by atoms with E-state index in [1.165, 1.54) is 18.1 Å². The van der Waals surface area contributed by atoms with Gasteiger partial charge in [-0.2, -0.15) is 21.6 Å². The van der Waals surface area contributed by atoms with Gasteiger partial charge in [-0.15, -0.1) is 0 Å². The highest BCUT2D eigenvalue weighted by molar-refractivity contribution is 7.87. The normalized spacial score (nSPS) is 25.9. The van der Waals surface area contributed by atoms with Gasteiger partial charge in [-0.1, -0.05) is 0 Å². The second-order valence-electron chi connectivity index (χ2n) is 6.24. The lowest BCUT2D eigenvalue weighted by molar-refractivity contribution is -0.151. The summed E-state index contributed by atoms with van der Waals surface area (Å²) in [5.74, 6) is -1.48. The number of hydrogen-bond donors (Lipinski definition) is 0. The maximum atomic E-state index is 12.5. The van der Waals surface area contributed by atoms with E-state index in [1.54, 1.807) is 6.92 Å². The summed E-state index contributed by atoms with van der Waals surface area (Å²) in [6, 6.07) is -0.961. The van der Waals surface area contributed by atoms with Crippen LogP contribution in [0.5, 0.6) is 0 Å². The van der Waals surface area contributed by atoms with Crippen LogP contribution in [0, 0.1) is 11.8 Å². The van der Waals surface area contributed by atoms with Crippen LogP contribution in [0.25, 0.3) is 0 Å². The number of nitrogens with zero attached hydrogens (tertiary/aromatic N) is 1. The van der Waals surface area contributed by atoms with Gasteiger partial charge in [0.1, 0.15) is 11.8 Å². The van der Waals surface area contributed by atoms with Gasteiger partial charge >= 0.3 is 27.7 Å². The van der Waals surface area contributed by atoms with Gasteiger partial charge in [-0.25, -0.2) is 9.59 Å². The van der Waals surface area contributed by atoms with Crippen LogP contribution in [0.4, 0.5) is 18.0 Å². The molecule has 1 saturated heterocycles. The van der Waals surface area contributed by atoms with Crippen molar-refractivity contribution in [1.29, 1.82) is 0 Å². The number of carbonyl (C=O) groups is 2. The maximum Gasteiger partial charge on any atom is 0.534 e. The van der Waals surface area contributed by atoms with Gasteiger partial charge in [-0.05, 0) is 37.7 Å². The Morgan fingerprint density at radius 1 is 1.30 bits per heavy atom. The fraction of sp³-hybridized carbons (Fsp3) is 0.733. The van der Waals surface area contributed by atoms with Crippen molar-refractivity contribution in [2.24, 2.45) is 11.8 Å². The number of piperidine rings is 1. The van der Waals surface area contributed by atoms with Crippen molar-refractivity contribution >= 4 is 22.2 Å². The zero-order valence-electron chi connectivity index (χ0n) is 14.7. The zero-order chi connectivity index (χ0) is 20.4. The molecule has 1 fully saturated rings. The van der Waals surface area contributed by atoms with Gasteiger partial charge in [0.05, 0.1) is 13.7 Å². The molecule has 1 amide bonds. The summed E-state index contributed by atoms with van der Waals surface area (Å²) in [6.45, 7) is 1.83. The molecule has 2 rings (SSSR count). The van der Waals surface area contributed by atoms with E-state index in [2.05, 4.69) is 8.92 Å². The molecule has 1 aliphatic carbocycles. The Balaban J connectivity index is 2.18. The van der Waals surface area contributed by atoms with Crippen molar-refractivity contribution in [3.63, 3.8) is 0 Å². The minimum absolute atomic E-state index is 0.0924. The second-order valence-corrected chi connectivity index (χ2v) is 7.78. The summed E-state index contributed by atoms with van der Waals surface area (Å²) in [5.41, 5.74) is -5.52. The predicted molar refractivity (Wildman–Crippen MR) is 84.5 cm³/mol. The number of fused-ring (bicyclic) bond motifs is 1. The zero-order valence-corrected chi connectivity index (χ0v) is 15.5. The molecule has 0 unspecified atom stereocenters. The van der Waals surface area contributed by atoms with Gasteiger partial charge in [-0.3, -0.25) is 4.90 Å². The van der Waals surface area contributed by atoms with E-state index in [1.807, 2.05) is 0 Å². The highest BCUT2D eigenvalue weighted by Crippen LogP contribution is 2.40. The maximum absolute atomic E-state index is 12.5. The summed E-state index contributed by atoms with van der Waals surface area (Å²) in [6.07, 6.45) is 0.772. The second kappa shape index (κ2) is 7.95. The van der Waals surface area contributed by atoms with Gasteiger partial charge in [0.25, 0.3) is 0 Å². The molecule has 27 heavy (non-hydrogen) atoms. The molecular weight excluding hydrogens is 395 g/mol. The van der Waals surface area contributed by atoms with E-state index >= 15 is 0 Å². The summed E-state index contributed by atoms with van der Waals surface area (Å²) >= 11 is 0. The Morgan fingerprint density at radius 2 is 1.96 bits per heavy atom. The number of halogens is 3. The standard InChI is InChI=1S/C15H20F3NO7S/c1-3-25-13(20)12-7-10-6-11(26-27(22,23)15(16,17)18)5-4-9(10)8-19(12)14(21)24-2/h5,9-10,12H,3-4,6-8H2,1-2H3/t9-,10+,12-/m0/s1. The van der Waals surface area contributed by atoms with E-state index in [-0.39, 0.29) is 50.0 Å². The fourth-order valence-corrected chi connectivity index (χ4v) is 3.83. The summed E-state index contributed by atoms with van der Waals surface area (Å²) in [5, 5.41) is 0. The molecule has 0 aromatic carbocycles. The molecule has 0 aromatic rings. The SMILES string of the molecule is CCOC(=O)[C@@H]1C[C@H]2CC(OS(=O)(=O)C(F)(F)F)=CC[C@H]2CN1C(=O)OC. The van der Waals surface area contributed by atoms with Gasteiger partial charge < -0.3 is 13.7 Å². The highest BCUT2D eigenvalue weighted by atomic mass is 32.2. The van der Waals surface area contributed by atoms with Crippen LogP contribution in [0.2, 0.25) is 0 Å². The van der Waals surface area contributed by atoms with E-state index in [0.717, 1.165) is 0 Å². The number of likely N-dealkylation sites (tertiary alicyclic amines) is 1. The number of amides is 1. The summed E-state index contributed by atoms with van der Waals surface area (Å²) in [7, 11) is -4.57. The number of hydrogen-bond acceptors (Lipinski definition) is 7. The first-order valence-electron chi connectivity index (χ1n) is 8.21. The Hall–Kier alpha value is -1.98. The van der Waals surface area contributed by atoms with Crippen LogP contribution in [0.15, 0.2) is 11.8 Å². The van der Waals surface area contributed by atoms with E-state index in [9.17, 15) is 31.2 Å². The van der Waals surface area contributed by atoms with Crippen LogP contribution in [0.3, 0.4) is 0 Å². The lowest BCUT2D eigenvalue weighted by Gasteiger charge is -2.43. The predicted octanol–water partition coefficient (Wildman–Crippen LogP) is 2.17. The summed E-state index contributed by atoms with van der Waals surface area (Å²) < 4.78 is 73.7. The fourth-order valence-electron chi connectivity index (χ4n) is 3.31. The van der Waals surface area contributed by atoms with Crippen molar-refractivity contribution < 1.29 is 44.8 Å². The number of carbonyl (C=O) groups excluding carboxylic acids is 2. The average molecular weight is 415 g/mol. The molecule has 0 saturated carbocycles. The molecule has 0 spiro atoms. The molecule has 0 bridgehead atoms. The number of alkyl halides is 3. The number of allylic oxidation sites excluding steroid dienone is 2. The van der Waals surface area contributed by atoms with Crippen LogP contribution in [0.1, 0.15) is 26.2 Å². The highest BCUT2D eigenvalue weighted by Gasteiger charge is 2.50. The first-order valence-corrected chi connectivity index (χ1v) is 9.62. The largest absolute Gasteiger partial charge is 0.534 e. The van der Waals surface area contributed by atoms with Crippen molar-refractivity contribution in [3.05, 3.63) is 11.8 Å². The number of esters is 1. The van der Waals surface area contributed by atoms with Gasteiger partial charge in [0.15, 0.2) is 0 Å². The third-order valence-electron chi connectivity index (χ3n) is 4.58. The van der Waals surface area contributed by atoms with Crippen LogP contribution in [-0.4, -0.2) is 57.2 Å². The molecule has 1 heterocycles. The molecule has 0 radical (unpaired) electrons. The van der Waals surface area contributed by atoms with Crippen molar-refractivity contribution in [2.45, 2.75) is 37.7 Å².